The van der Waals surface area contributed by atoms with Crippen molar-refractivity contribution < 1.29 is 18.0 Å². The van der Waals surface area contributed by atoms with E-state index in [0.717, 1.165) is 25.7 Å². The average Bonchev–Trinajstić information content (AvgIpc) is 2.53. The van der Waals surface area contributed by atoms with Crippen molar-refractivity contribution >= 4 is 11.6 Å². The maximum atomic E-state index is 12.5. The lowest BCUT2D eigenvalue weighted by Crippen LogP contribution is -2.48. The van der Waals surface area contributed by atoms with Crippen molar-refractivity contribution in [3.63, 3.8) is 0 Å². The average molecular weight is 354 g/mol. The molecule has 0 saturated heterocycles. The number of amides is 1. The number of nitrogens with one attached hydrogen (secondary N) is 1. The second-order valence-corrected chi connectivity index (χ2v) is 7.50. The molecule has 2 atom stereocenters. The Morgan fingerprint density at radius 3 is 2.28 bits per heavy atom. The number of carbonyl (C=O) groups excluding carboxylic acids is 1. The summed E-state index contributed by atoms with van der Waals surface area (Å²) in [5, 5.41) is 2.91. The number of rotatable bonds is 4. The Morgan fingerprint density at radius 1 is 1.12 bits per heavy atom. The van der Waals surface area contributed by atoms with E-state index in [9.17, 15) is 18.0 Å². The fourth-order valence-corrected chi connectivity index (χ4v) is 4.29. The van der Waals surface area contributed by atoms with Crippen molar-refractivity contribution in [3.8, 4) is 0 Å². The van der Waals surface area contributed by atoms with Crippen molar-refractivity contribution in [2.24, 2.45) is 23.5 Å². The van der Waals surface area contributed by atoms with Gasteiger partial charge in [0.05, 0.1) is 0 Å². The lowest BCUT2D eigenvalue weighted by Gasteiger charge is -2.43. The number of carbonyl (C=O) groups is 1. The minimum atomic E-state index is -4.15. The summed E-state index contributed by atoms with van der Waals surface area (Å²) in [4.78, 5) is 12.5. The Kier molecular flexibility index (Phi) is 5.37. The fourth-order valence-electron chi connectivity index (χ4n) is 4.29. The maximum Gasteiger partial charge on any atom is 0.389 e. The Morgan fingerprint density at radius 2 is 1.72 bits per heavy atom. The van der Waals surface area contributed by atoms with Gasteiger partial charge >= 0.3 is 6.18 Å². The van der Waals surface area contributed by atoms with Gasteiger partial charge in [0.25, 0.3) is 0 Å². The molecule has 2 saturated carbocycles. The van der Waals surface area contributed by atoms with E-state index < -0.39 is 12.6 Å². The molecule has 0 heterocycles. The largest absolute Gasteiger partial charge is 0.389 e. The molecule has 0 radical (unpaired) electrons. The van der Waals surface area contributed by atoms with Crippen LogP contribution in [-0.2, 0) is 11.2 Å². The molecule has 2 aliphatic rings. The molecule has 3 rings (SSSR count). The van der Waals surface area contributed by atoms with E-state index in [-0.39, 0.29) is 24.3 Å². The van der Waals surface area contributed by atoms with Crippen molar-refractivity contribution in [1.29, 1.82) is 0 Å². The van der Waals surface area contributed by atoms with Crippen molar-refractivity contribution in [1.82, 2.24) is 0 Å². The van der Waals surface area contributed by atoms with Crippen molar-refractivity contribution in [2.45, 2.75) is 57.2 Å². The van der Waals surface area contributed by atoms with Crippen LogP contribution in [0.1, 0.15) is 44.1 Å². The Balaban J connectivity index is 1.54. The van der Waals surface area contributed by atoms with Crippen LogP contribution in [0, 0.1) is 17.8 Å². The van der Waals surface area contributed by atoms with Crippen LogP contribution < -0.4 is 11.1 Å². The van der Waals surface area contributed by atoms with E-state index in [0.29, 0.717) is 23.1 Å². The summed E-state index contributed by atoms with van der Waals surface area (Å²) in [5.74, 6) is 0.868. The Labute approximate surface area is 146 Å². The molecule has 0 spiro atoms. The molecule has 2 fully saturated rings. The van der Waals surface area contributed by atoms with E-state index in [4.69, 9.17) is 5.73 Å². The van der Waals surface area contributed by atoms with E-state index in [1.54, 1.807) is 24.3 Å². The summed E-state index contributed by atoms with van der Waals surface area (Å²) >= 11 is 0. The molecule has 0 aliphatic heterocycles. The first-order valence-electron chi connectivity index (χ1n) is 9.04. The first kappa shape index (κ1) is 18.2. The third-order valence-corrected chi connectivity index (χ3v) is 5.70. The standard InChI is InChI=1S/C19H25F3N2O/c20-19(21,22)9-8-12-4-6-16(7-5-12)24-18(25)15-10-13-2-1-3-14(11-15)17(13)23/h4-7,13-15,17H,1-3,8-11,23H2,(H,24,25). The molecule has 138 valence electrons. The fraction of sp³-hybridized carbons (Fsp3) is 0.632. The van der Waals surface area contributed by atoms with Gasteiger partial charge in [0, 0.05) is 24.1 Å². The number of fused-ring (bicyclic) bond motifs is 2. The van der Waals surface area contributed by atoms with Gasteiger partial charge < -0.3 is 11.1 Å². The number of hydrogen-bond acceptors (Lipinski definition) is 2. The third kappa shape index (κ3) is 4.75. The summed E-state index contributed by atoms with van der Waals surface area (Å²) in [7, 11) is 0. The Bertz CT molecular complexity index is 586. The van der Waals surface area contributed by atoms with Crippen LogP contribution in [0.25, 0.3) is 0 Å². The van der Waals surface area contributed by atoms with Crippen LogP contribution in [0.3, 0.4) is 0 Å². The maximum absolute atomic E-state index is 12.5. The molecule has 6 heteroatoms. The zero-order valence-corrected chi connectivity index (χ0v) is 14.2. The number of hydrogen-bond donors (Lipinski definition) is 2. The van der Waals surface area contributed by atoms with Crippen molar-refractivity contribution in [2.75, 3.05) is 5.32 Å². The predicted octanol–water partition coefficient (Wildman–Crippen LogP) is 4.27. The van der Waals surface area contributed by atoms with Gasteiger partial charge in [-0.25, -0.2) is 0 Å². The molecule has 1 aromatic carbocycles. The van der Waals surface area contributed by atoms with Gasteiger partial charge in [-0.15, -0.1) is 0 Å². The highest BCUT2D eigenvalue weighted by molar-refractivity contribution is 5.92. The number of alkyl halides is 3. The quantitative estimate of drug-likeness (QED) is 0.848. The van der Waals surface area contributed by atoms with Crippen molar-refractivity contribution in [3.05, 3.63) is 29.8 Å². The topological polar surface area (TPSA) is 55.1 Å². The van der Waals surface area contributed by atoms with Gasteiger partial charge in [0.1, 0.15) is 0 Å². The molecular weight excluding hydrogens is 329 g/mol. The van der Waals surface area contributed by atoms with Gasteiger partial charge in [-0.3, -0.25) is 4.79 Å². The summed E-state index contributed by atoms with van der Waals surface area (Å²) in [6.07, 6.45) is 0.0833. The molecule has 2 aliphatic carbocycles. The second kappa shape index (κ2) is 7.36. The molecule has 1 aromatic rings. The number of anilines is 1. The van der Waals surface area contributed by atoms with Crippen LogP contribution in [0.2, 0.25) is 0 Å². The zero-order chi connectivity index (χ0) is 18.0. The highest BCUT2D eigenvalue weighted by atomic mass is 19.4. The van der Waals surface area contributed by atoms with Gasteiger partial charge in [-0.1, -0.05) is 18.6 Å². The highest BCUT2D eigenvalue weighted by Gasteiger charge is 2.40. The van der Waals surface area contributed by atoms with Crippen LogP contribution in [0.5, 0.6) is 0 Å². The van der Waals surface area contributed by atoms with Gasteiger partial charge in [-0.05, 0) is 61.6 Å². The highest BCUT2D eigenvalue weighted by Crippen LogP contribution is 2.42. The van der Waals surface area contributed by atoms with Crippen LogP contribution in [0.4, 0.5) is 18.9 Å². The smallest absolute Gasteiger partial charge is 0.327 e. The molecule has 1 amide bonds. The van der Waals surface area contributed by atoms with Crippen LogP contribution in [0.15, 0.2) is 24.3 Å². The lowest BCUT2D eigenvalue weighted by molar-refractivity contribution is -0.134. The number of halogens is 3. The van der Waals surface area contributed by atoms with E-state index >= 15 is 0 Å². The second-order valence-electron chi connectivity index (χ2n) is 7.50. The number of nitrogens with two attached hydrogens (primary N) is 1. The summed E-state index contributed by atoms with van der Waals surface area (Å²) in [6, 6.07) is 6.88. The molecular formula is C19H25F3N2O. The predicted molar refractivity (Wildman–Crippen MR) is 91.0 cm³/mol. The van der Waals surface area contributed by atoms with Gasteiger partial charge in [-0.2, -0.15) is 13.2 Å². The summed E-state index contributed by atoms with van der Waals surface area (Å²) in [6.45, 7) is 0. The van der Waals surface area contributed by atoms with E-state index in [1.165, 1.54) is 6.42 Å². The number of benzene rings is 1. The first-order chi connectivity index (χ1) is 11.8. The zero-order valence-electron chi connectivity index (χ0n) is 14.2. The minimum Gasteiger partial charge on any atom is -0.327 e. The normalized spacial score (nSPS) is 29.3. The van der Waals surface area contributed by atoms with E-state index in [2.05, 4.69) is 5.32 Å². The summed E-state index contributed by atoms with van der Waals surface area (Å²) < 4.78 is 36.8. The summed E-state index contributed by atoms with van der Waals surface area (Å²) in [5.41, 5.74) is 7.52. The SMILES string of the molecule is NC1C2CCCC1CC(C(=O)Nc1ccc(CCC(F)(F)F)cc1)C2. The Hall–Kier alpha value is -1.56. The number of aryl methyl sites for hydroxylation is 1. The van der Waals surface area contributed by atoms with Crippen LogP contribution >= 0.6 is 0 Å². The first-order valence-corrected chi connectivity index (χ1v) is 9.04. The minimum absolute atomic E-state index is 0.00633. The van der Waals surface area contributed by atoms with Crippen LogP contribution in [-0.4, -0.2) is 18.1 Å². The van der Waals surface area contributed by atoms with E-state index in [1.807, 2.05) is 0 Å². The third-order valence-electron chi connectivity index (χ3n) is 5.70. The lowest BCUT2D eigenvalue weighted by atomic mass is 9.65. The molecule has 3 nitrogen and oxygen atoms in total. The molecule has 0 aromatic heterocycles. The molecule has 2 bridgehead atoms. The molecule has 3 N–H and O–H groups in total. The molecule has 2 unspecified atom stereocenters. The monoisotopic (exact) mass is 354 g/mol. The van der Waals surface area contributed by atoms with Gasteiger partial charge in [0.15, 0.2) is 0 Å². The van der Waals surface area contributed by atoms with Gasteiger partial charge in [0.2, 0.25) is 5.91 Å². The molecule has 25 heavy (non-hydrogen) atoms.